The molecular weight excluding hydrogens is 356 g/mol. The SMILES string of the molecule is CCC(C)NC(=O)c1nc(C(=O)Nc2ccc(C(C)=O)cc2)c2ccccn12. The van der Waals surface area contributed by atoms with Crippen molar-refractivity contribution in [1.82, 2.24) is 14.7 Å². The van der Waals surface area contributed by atoms with E-state index >= 15 is 0 Å². The number of pyridine rings is 1. The zero-order valence-corrected chi connectivity index (χ0v) is 16.0. The average Bonchev–Trinajstić information content (AvgIpc) is 3.08. The fourth-order valence-electron chi connectivity index (χ4n) is 2.73. The lowest BCUT2D eigenvalue weighted by atomic mass is 10.1. The van der Waals surface area contributed by atoms with E-state index in [0.717, 1.165) is 6.42 Å². The first-order valence-corrected chi connectivity index (χ1v) is 9.11. The van der Waals surface area contributed by atoms with E-state index in [1.807, 2.05) is 13.8 Å². The van der Waals surface area contributed by atoms with Gasteiger partial charge in [0.2, 0.25) is 5.82 Å². The predicted octanol–water partition coefficient (Wildman–Crippen LogP) is 3.32. The molecule has 0 radical (unpaired) electrons. The van der Waals surface area contributed by atoms with Crippen LogP contribution in [0.5, 0.6) is 0 Å². The number of hydrogen-bond donors (Lipinski definition) is 2. The van der Waals surface area contributed by atoms with Gasteiger partial charge in [0, 0.05) is 23.5 Å². The second-order valence-electron chi connectivity index (χ2n) is 6.61. The molecule has 2 heterocycles. The number of benzene rings is 1. The minimum atomic E-state index is -0.429. The van der Waals surface area contributed by atoms with Crippen molar-refractivity contribution in [3.63, 3.8) is 0 Å². The second kappa shape index (κ2) is 8.04. The van der Waals surface area contributed by atoms with Crippen LogP contribution in [0.2, 0.25) is 0 Å². The summed E-state index contributed by atoms with van der Waals surface area (Å²) in [5, 5.41) is 5.63. The van der Waals surface area contributed by atoms with Gasteiger partial charge in [0.15, 0.2) is 11.5 Å². The maximum atomic E-state index is 12.8. The summed E-state index contributed by atoms with van der Waals surface area (Å²) in [6, 6.07) is 11.9. The number of amides is 2. The Kier molecular flexibility index (Phi) is 5.54. The zero-order chi connectivity index (χ0) is 20.3. The summed E-state index contributed by atoms with van der Waals surface area (Å²) in [5.74, 6) is -0.648. The van der Waals surface area contributed by atoms with Crippen molar-refractivity contribution >= 4 is 28.8 Å². The Morgan fingerprint density at radius 3 is 2.43 bits per heavy atom. The highest BCUT2D eigenvalue weighted by atomic mass is 16.2. The van der Waals surface area contributed by atoms with Crippen molar-refractivity contribution < 1.29 is 14.4 Å². The van der Waals surface area contributed by atoms with Gasteiger partial charge in [0.05, 0.1) is 5.52 Å². The number of carbonyl (C=O) groups excluding carboxylic acids is 3. The summed E-state index contributed by atoms with van der Waals surface area (Å²) in [5.41, 5.74) is 1.80. The molecule has 144 valence electrons. The van der Waals surface area contributed by atoms with E-state index < -0.39 is 5.91 Å². The Bertz CT molecular complexity index is 1040. The van der Waals surface area contributed by atoms with Crippen molar-refractivity contribution in [3.8, 4) is 0 Å². The largest absolute Gasteiger partial charge is 0.347 e. The number of Topliss-reactive ketones (excluding diaryl/α,β-unsaturated/α-hetero) is 1. The molecule has 1 aromatic carbocycles. The van der Waals surface area contributed by atoms with Gasteiger partial charge in [-0.15, -0.1) is 0 Å². The van der Waals surface area contributed by atoms with Gasteiger partial charge in [-0.05, 0) is 56.7 Å². The molecule has 7 heteroatoms. The highest BCUT2D eigenvalue weighted by Gasteiger charge is 2.22. The molecule has 0 aliphatic rings. The van der Waals surface area contributed by atoms with Crippen molar-refractivity contribution in [3.05, 3.63) is 65.7 Å². The first-order chi connectivity index (χ1) is 13.4. The molecule has 0 bridgehead atoms. The molecular formula is C21H22N4O3. The van der Waals surface area contributed by atoms with Gasteiger partial charge in [0.25, 0.3) is 11.8 Å². The van der Waals surface area contributed by atoms with E-state index in [9.17, 15) is 14.4 Å². The Hall–Kier alpha value is -3.48. The number of imidazole rings is 1. The molecule has 2 aromatic heterocycles. The molecule has 1 atom stereocenters. The van der Waals surface area contributed by atoms with Crippen LogP contribution in [-0.4, -0.2) is 33.0 Å². The normalized spacial score (nSPS) is 11.8. The van der Waals surface area contributed by atoms with Crippen molar-refractivity contribution in [1.29, 1.82) is 0 Å². The van der Waals surface area contributed by atoms with Crippen LogP contribution < -0.4 is 10.6 Å². The fraction of sp³-hybridized carbons (Fsp3) is 0.238. The number of rotatable bonds is 6. The van der Waals surface area contributed by atoms with Crippen LogP contribution in [0, 0.1) is 0 Å². The summed E-state index contributed by atoms with van der Waals surface area (Å²) in [7, 11) is 0. The predicted molar refractivity (Wildman–Crippen MR) is 107 cm³/mol. The summed E-state index contributed by atoms with van der Waals surface area (Å²) in [4.78, 5) is 41.0. The zero-order valence-electron chi connectivity index (χ0n) is 16.0. The molecule has 0 aliphatic heterocycles. The van der Waals surface area contributed by atoms with Gasteiger partial charge in [-0.25, -0.2) is 4.98 Å². The number of hydrogen-bond acceptors (Lipinski definition) is 4. The van der Waals surface area contributed by atoms with Crippen molar-refractivity contribution in [2.24, 2.45) is 0 Å². The molecule has 0 spiro atoms. The first kappa shape index (κ1) is 19.3. The lowest BCUT2D eigenvalue weighted by Gasteiger charge is -2.10. The highest BCUT2D eigenvalue weighted by molar-refractivity contribution is 6.09. The third-order valence-corrected chi connectivity index (χ3v) is 4.51. The quantitative estimate of drug-likeness (QED) is 0.644. The third-order valence-electron chi connectivity index (χ3n) is 4.51. The molecule has 0 fully saturated rings. The monoisotopic (exact) mass is 378 g/mol. The number of nitrogens with zero attached hydrogens (tertiary/aromatic N) is 2. The Balaban J connectivity index is 1.91. The van der Waals surface area contributed by atoms with E-state index in [2.05, 4.69) is 15.6 Å². The van der Waals surface area contributed by atoms with Crippen LogP contribution in [0.1, 0.15) is 58.7 Å². The molecule has 0 saturated heterocycles. The van der Waals surface area contributed by atoms with Crippen molar-refractivity contribution in [2.75, 3.05) is 5.32 Å². The highest BCUT2D eigenvalue weighted by Crippen LogP contribution is 2.17. The summed E-state index contributed by atoms with van der Waals surface area (Å²) < 4.78 is 1.60. The summed E-state index contributed by atoms with van der Waals surface area (Å²) >= 11 is 0. The minimum absolute atomic E-state index is 0.000583. The minimum Gasteiger partial charge on any atom is -0.347 e. The van der Waals surface area contributed by atoms with E-state index in [1.165, 1.54) is 6.92 Å². The topological polar surface area (TPSA) is 92.6 Å². The molecule has 7 nitrogen and oxygen atoms in total. The number of anilines is 1. The standard InChI is InChI=1S/C21H22N4O3/c1-4-13(2)22-21(28)19-24-18(17-7-5-6-12-25(17)19)20(27)23-16-10-8-15(9-11-16)14(3)26/h5-13H,4H2,1-3H3,(H,22,28)(H,23,27). The third kappa shape index (κ3) is 3.93. The molecule has 0 saturated carbocycles. The molecule has 3 aromatic rings. The summed E-state index contributed by atoms with van der Waals surface area (Å²) in [6.07, 6.45) is 2.49. The smallest absolute Gasteiger partial charge is 0.287 e. The number of nitrogens with one attached hydrogen (secondary N) is 2. The maximum absolute atomic E-state index is 12.8. The van der Waals surface area contributed by atoms with Gasteiger partial charge in [0.1, 0.15) is 0 Å². The Labute approximate surface area is 162 Å². The van der Waals surface area contributed by atoms with Crippen LogP contribution in [-0.2, 0) is 0 Å². The lowest BCUT2D eigenvalue weighted by Crippen LogP contribution is -2.33. The molecule has 2 N–H and O–H groups in total. The van der Waals surface area contributed by atoms with Crippen LogP contribution >= 0.6 is 0 Å². The van der Waals surface area contributed by atoms with Gasteiger partial charge < -0.3 is 10.6 Å². The van der Waals surface area contributed by atoms with Crippen molar-refractivity contribution in [2.45, 2.75) is 33.2 Å². The first-order valence-electron chi connectivity index (χ1n) is 9.11. The Morgan fingerprint density at radius 1 is 1.07 bits per heavy atom. The average molecular weight is 378 g/mol. The molecule has 0 aliphatic carbocycles. The summed E-state index contributed by atoms with van der Waals surface area (Å²) in [6.45, 7) is 5.37. The second-order valence-corrected chi connectivity index (χ2v) is 6.61. The fourth-order valence-corrected chi connectivity index (χ4v) is 2.73. The number of fused-ring (bicyclic) bond motifs is 1. The molecule has 3 rings (SSSR count). The van der Waals surface area contributed by atoms with E-state index in [0.29, 0.717) is 16.8 Å². The van der Waals surface area contributed by atoms with Gasteiger partial charge in [-0.3, -0.25) is 18.8 Å². The van der Waals surface area contributed by atoms with Gasteiger partial charge in [-0.1, -0.05) is 13.0 Å². The van der Waals surface area contributed by atoms with E-state index in [-0.39, 0.29) is 29.3 Å². The van der Waals surface area contributed by atoms with Crippen LogP contribution in [0.3, 0.4) is 0 Å². The maximum Gasteiger partial charge on any atom is 0.287 e. The molecule has 28 heavy (non-hydrogen) atoms. The number of carbonyl (C=O) groups is 3. The Morgan fingerprint density at radius 2 is 1.79 bits per heavy atom. The number of aromatic nitrogens is 2. The van der Waals surface area contributed by atoms with Gasteiger partial charge in [-0.2, -0.15) is 0 Å². The number of ketones is 1. The van der Waals surface area contributed by atoms with Crippen LogP contribution in [0.4, 0.5) is 5.69 Å². The molecule has 1 unspecified atom stereocenters. The van der Waals surface area contributed by atoms with Gasteiger partial charge >= 0.3 is 0 Å². The van der Waals surface area contributed by atoms with Crippen LogP contribution in [0.15, 0.2) is 48.7 Å². The van der Waals surface area contributed by atoms with E-state index in [1.54, 1.807) is 53.1 Å². The molecule has 2 amide bonds. The van der Waals surface area contributed by atoms with Crippen LogP contribution in [0.25, 0.3) is 5.52 Å². The lowest BCUT2D eigenvalue weighted by molar-refractivity contribution is 0.0927. The van der Waals surface area contributed by atoms with E-state index in [4.69, 9.17) is 0 Å².